The summed E-state index contributed by atoms with van der Waals surface area (Å²) in [5.74, 6) is 1.57. The number of ether oxygens (including phenoxy) is 2. The minimum atomic E-state index is 0.552. The van der Waals surface area contributed by atoms with Gasteiger partial charge >= 0.3 is 0 Å². The molecule has 1 heterocycles. The topological polar surface area (TPSA) is 31.4 Å². The molecule has 1 aromatic heterocycles. The highest BCUT2D eigenvalue weighted by Crippen LogP contribution is 2.09. The molecule has 0 saturated heterocycles. The van der Waals surface area contributed by atoms with E-state index in [1.165, 1.54) is 5.46 Å². The predicted octanol–water partition coefficient (Wildman–Crippen LogP) is 2.89. The molecule has 20 heavy (non-hydrogen) atoms. The Kier molecular flexibility index (Phi) is 5.48. The molecule has 3 nitrogen and oxygen atoms in total. The van der Waals surface area contributed by atoms with Crippen LogP contribution in [0.5, 0.6) is 11.6 Å². The van der Waals surface area contributed by atoms with Crippen LogP contribution in [0.2, 0.25) is 13.6 Å². The summed E-state index contributed by atoms with van der Waals surface area (Å²) >= 11 is 0. The summed E-state index contributed by atoms with van der Waals surface area (Å²) in [5, 5.41) is 0. The van der Waals surface area contributed by atoms with Crippen LogP contribution in [0, 0.1) is 0 Å². The number of benzene rings is 1. The quantitative estimate of drug-likeness (QED) is 0.572. The molecule has 0 aliphatic heterocycles. The zero-order valence-electron chi connectivity index (χ0n) is 12.1. The molecule has 1 aromatic carbocycles. The summed E-state index contributed by atoms with van der Waals surface area (Å²) in [5.41, 5.74) is 1.33. The van der Waals surface area contributed by atoms with Gasteiger partial charge in [-0.3, -0.25) is 0 Å². The number of rotatable bonds is 7. The first-order valence-corrected chi connectivity index (χ1v) is 7.02. The maximum atomic E-state index is 5.68. The van der Waals surface area contributed by atoms with Crippen molar-refractivity contribution in [2.24, 2.45) is 0 Å². The fourth-order valence-corrected chi connectivity index (χ4v) is 1.81. The molecule has 4 heteroatoms. The van der Waals surface area contributed by atoms with E-state index in [2.05, 4.69) is 30.8 Å². The SMILES string of the molecule is CB(C)c1ccc(OCCCOc2ccccn2)cc1. The minimum Gasteiger partial charge on any atom is -0.493 e. The van der Waals surface area contributed by atoms with Gasteiger partial charge in [0, 0.05) is 18.7 Å². The van der Waals surface area contributed by atoms with E-state index >= 15 is 0 Å². The van der Waals surface area contributed by atoms with Crippen LogP contribution >= 0.6 is 0 Å². The van der Waals surface area contributed by atoms with Gasteiger partial charge in [0.2, 0.25) is 5.88 Å². The van der Waals surface area contributed by atoms with Gasteiger partial charge in [0.05, 0.1) is 13.2 Å². The monoisotopic (exact) mass is 269 g/mol. The zero-order valence-corrected chi connectivity index (χ0v) is 12.1. The van der Waals surface area contributed by atoms with Crippen LogP contribution in [0.3, 0.4) is 0 Å². The molecule has 0 atom stereocenters. The summed E-state index contributed by atoms with van der Waals surface area (Å²) < 4.78 is 11.2. The molecule has 0 aliphatic carbocycles. The maximum Gasteiger partial charge on any atom is 0.213 e. The molecule has 104 valence electrons. The van der Waals surface area contributed by atoms with Gasteiger partial charge in [-0.05, 0) is 18.2 Å². The lowest BCUT2D eigenvalue weighted by molar-refractivity contribution is 0.242. The third kappa shape index (κ3) is 4.61. The molecule has 0 N–H and O–H groups in total. The number of pyridine rings is 1. The van der Waals surface area contributed by atoms with Crippen LogP contribution in [-0.4, -0.2) is 24.9 Å². The first-order chi connectivity index (χ1) is 9.75. The van der Waals surface area contributed by atoms with Gasteiger partial charge in [0.25, 0.3) is 0 Å². The van der Waals surface area contributed by atoms with Crippen molar-refractivity contribution in [2.45, 2.75) is 20.1 Å². The number of aromatic nitrogens is 1. The molecular formula is C16H20BNO2. The highest BCUT2D eigenvalue weighted by atomic mass is 16.5. The Bertz CT molecular complexity index is 500. The summed E-state index contributed by atoms with van der Waals surface area (Å²) in [4.78, 5) is 4.10. The molecule has 0 spiro atoms. The molecule has 0 radical (unpaired) electrons. The van der Waals surface area contributed by atoms with Crippen molar-refractivity contribution in [1.82, 2.24) is 4.98 Å². The summed E-state index contributed by atoms with van der Waals surface area (Å²) in [6.45, 7) is 6.18. The van der Waals surface area contributed by atoms with Gasteiger partial charge in [-0.25, -0.2) is 4.98 Å². The van der Waals surface area contributed by atoms with Gasteiger partial charge in [0.1, 0.15) is 5.75 Å². The lowest BCUT2D eigenvalue weighted by Crippen LogP contribution is -2.21. The van der Waals surface area contributed by atoms with Gasteiger partial charge in [-0.1, -0.05) is 37.3 Å². The highest BCUT2D eigenvalue weighted by molar-refractivity contribution is 6.70. The zero-order chi connectivity index (χ0) is 14.2. The number of hydrogen-bond donors (Lipinski definition) is 0. The first-order valence-electron chi connectivity index (χ1n) is 7.02. The number of nitrogens with zero attached hydrogens (tertiary/aromatic N) is 1. The van der Waals surface area contributed by atoms with E-state index in [0.717, 1.165) is 12.2 Å². The van der Waals surface area contributed by atoms with Crippen molar-refractivity contribution in [2.75, 3.05) is 13.2 Å². The summed E-state index contributed by atoms with van der Waals surface area (Å²) in [7, 11) is 0. The Morgan fingerprint density at radius 2 is 1.70 bits per heavy atom. The highest BCUT2D eigenvalue weighted by Gasteiger charge is 2.02. The van der Waals surface area contributed by atoms with Crippen molar-refractivity contribution in [1.29, 1.82) is 0 Å². The Morgan fingerprint density at radius 3 is 2.35 bits per heavy atom. The van der Waals surface area contributed by atoms with Crippen molar-refractivity contribution >= 4 is 12.2 Å². The Balaban J connectivity index is 1.66. The molecule has 0 fully saturated rings. The van der Waals surface area contributed by atoms with Gasteiger partial charge in [0.15, 0.2) is 6.71 Å². The molecule has 0 amide bonds. The van der Waals surface area contributed by atoms with Crippen LogP contribution in [0.4, 0.5) is 0 Å². The lowest BCUT2D eigenvalue weighted by Gasteiger charge is -2.08. The van der Waals surface area contributed by atoms with E-state index < -0.39 is 0 Å². The van der Waals surface area contributed by atoms with Crippen molar-refractivity contribution in [3.05, 3.63) is 48.7 Å². The molecule has 0 unspecified atom stereocenters. The summed E-state index contributed by atoms with van der Waals surface area (Å²) in [6.07, 6.45) is 2.56. The second-order valence-corrected chi connectivity index (χ2v) is 4.94. The van der Waals surface area contributed by atoms with Crippen LogP contribution in [0.1, 0.15) is 6.42 Å². The molecule has 0 bridgehead atoms. The fourth-order valence-electron chi connectivity index (χ4n) is 1.81. The Labute approximate surface area is 121 Å². The second-order valence-electron chi connectivity index (χ2n) is 4.94. The van der Waals surface area contributed by atoms with Crippen LogP contribution in [-0.2, 0) is 0 Å². The average molecular weight is 269 g/mol. The Morgan fingerprint density at radius 1 is 0.950 bits per heavy atom. The van der Waals surface area contributed by atoms with Crippen molar-refractivity contribution in [3.8, 4) is 11.6 Å². The van der Waals surface area contributed by atoms with Gasteiger partial charge in [-0.2, -0.15) is 0 Å². The van der Waals surface area contributed by atoms with Crippen LogP contribution in [0.15, 0.2) is 48.7 Å². The number of hydrogen-bond acceptors (Lipinski definition) is 3. The largest absolute Gasteiger partial charge is 0.493 e. The van der Waals surface area contributed by atoms with Crippen molar-refractivity contribution in [3.63, 3.8) is 0 Å². The van der Waals surface area contributed by atoms with E-state index in [9.17, 15) is 0 Å². The maximum absolute atomic E-state index is 5.68. The Hall–Kier alpha value is -1.97. The summed E-state index contributed by atoms with van der Waals surface area (Å²) in [6, 6.07) is 13.9. The van der Waals surface area contributed by atoms with Crippen LogP contribution < -0.4 is 14.9 Å². The van der Waals surface area contributed by atoms with E-state index in [4.69, 9.17) is 9.47 Å². The molecule has 2 rings (SSSR count). The molecular weight excluding hydrogens is 249 g/mol. The van der Waals surface area contributed by atoms with E-state index in [1.807, 2.05) is 30.3 Å². The fraction of sp³-hybridized carbons (Fsp3) is 0.312. The average Bonchev–Trinajstić information content (AvgIpc) is 2.48. The van der Waals surface area contributed by atoms with Gasteiger partial charge in [-0.15, -0.1) is 0 Å². The first kappa shape index (κ1) is 14.4. The van der Waals surface area contributed by atoms with E-state index in [-0.39, 0.29) is 0 Å². The van der Waals surface area contributed by atoms with Crippen LogP contribution in [0.25, 0.3) is 0 Å². The molecule has 2 aromatic rings. The smallest absolute Gasteiger partial charge is 0.213 e. The third-order valence-corrected chi connectivity index (χ3v) is 2.99. The van der Waals surface area contributed by atoms with E-state index in [0.29, 0.717) is 25.8 Å². The normalized spacial score (nSPS) is 10.1. The lowest BCUT2D eigenvalue weighted by atomic mass is 9.49. The third-order valence-electron chi connectivity index (χ3n) is 2.99. The van der Waals surface area contributed by atoms with Crippen molar-refractivity contribution < 1.29 is 9.47 Å². The predicted molar refractivity (Wildman–Crippen MR) is 83.4 cm³/mol. The van der Waals surface area contributed by atoms with Gasteiger partial charge < -0.3 is 9.47 Å². The molecule has 0 aliphatic rings. The standard InChI is InChI=1S/C16H20BNO2/c1-17(2)14-7-9-15(10-8-14)19-12-5-13-20-16-6-3-4-11-18-16/h3-4,6-11H,5,12-13H2,1-2H3. The second kappa shape index (κ2) is 7.58. The molecule has 0 saturated carbocycles. The van der Waals surface area contributed by atoms with E-state index in [1.54, 1.807) is 6.20 Å². The minimum absolute atomic E-state index is 0.552.